The average Bonchev–Trinajstić information content (AvgIpc) is 2.63. The lowest BCUT2D eigenvalue weighted by atomic mass is 10.6. The Labute approximate surface area is 86.3 Å². The number of terminal acetylenes is 1. The number of hydrogen-bond donors (Lipinski definition) is 1. The van der Waals surface area contributed by atoms with Gasteiger partial charge in [-0.15, -0.1) is 6.42 Å². The molecule has 0 aliphatic carbocycles. The van der Waals surface area contributed by atoms with Gasteiger partial charge in [0.1, 0.15) is 4.88 Å². The third-order valence-corrected chi connectivity index (χ3v) is 2.26. The van der Waals surface area contributed by atoms with Gasteiger partial charge in [-0.05, 0) is 6.92 Å². The highest BCUT2D eigenvalue weighted by Gasteiger charge is 2.10. The van der Waals surface area contributed by atoms with E-state index in [0.29, 0.717) is 23.2 Å². The molecule has 0 radical (unpaired) electrons. The Bertz CT molecular complexity index is 354. The summed E-state index contributed by atoms with van der Waals surface area (Å²) in [5.41, 5.74) is 0. The van der Waals surface area contributed by atoms with E-state index in [2.05, 4.69) is 16.2 Å². The molecule has 1 aromatic rings. The SMILES string of the molecule is C#CCNc1ncc(C(=O)OCC)s1. The minimum Gasteiger partial charge on any atom is -0.462 e. The van der Waals surface area contributed by atoms with Crippen LogP contribution in [0.3, 0.4) is 0 Å². The van der Waals surface area contributed by atoms with Gasteiger partial charge in [0.15, 0.2) is 5.13 Å². The van der Waals surface area contributed by atoms with Crippen LogP contribution in [-0.4, -0.2) is 24.1 Å². The molecule has 0 aliphatic rings. The summed E-state index contributed by atoms with van der Waals surface area (Å²) in [5, 5.41) is 3.51. The highest BCUT2D eigenvalue weighted by molar-refractivity contribution is 7.17. The molecular formula is C9H10N2O2S. The van der Waals surface area contributed by atoms with Crippen molar-refractivity contribution in [2.45, 2.75) is 6.92 Å². The summed E-state index contributed by atoms with van der Waals surface area (Å²) in [6.45, 7) is 2.52. The van der Waals surface area contributed by atoms with Gasteiger partial charge in [0.2, 0.25) is 0 Å². The summed E-state index contributed by atoms with van der Waals surface area (Å²) in [4.78, 5) is 15.7. The third-order valence-electron chi connectivity index (χ3n) is 1.32. The molecule has 0 fully saturated rings. The molecule has 0 aromatic carbocycles. The number of aromatic nitrogens is 1. The normalized spacial score (nSPS) is 9.14. The van der Waals surface area contributed by atoms with Crippen LogP contribution in [-0.2, 0) is 4.74 Å². The number of nitrogens with zero attached hydrogens (tertiary/aromatic N) is 1. The first-order valence-electron chi connectivity index (χ1n) is 4.08. The van der Waals surface area contributed by atoms with Crippen molar-refractivity contribution < 1.29 is 9.53 Å². The average molecular weight is 210 g/mol. The van der Waals surface area contributed by atoms with Gasteiger partial charge >= 0.3 is 5.97 Å². The molecule has 1 heterocycles. The lowest BCUT2D eigenvalue weighted by molar-refractivity contribution is 0.0532. The number of ether oxygens (including phenoxy) is 1. The summed E-state index contributed by atoms with van der Waals surface area (Å²) >= 11 is 1.23. The second-order valence-electron chi connectivity index (χ2n) is 2.31. The molecule has 0 unspecified atom stereocenters. The minimum absolute atomic E-state index is 0.348. The molecule has 0 bridgehead atoms. The summed E-state index contributed by atoms with van der Waals surface area (Å²) in [7, 11) is 0. The van der Waals surface area contributed by atoms with Crippen LogP contribution in [0, 0.1) is 12.3 Å². The van der Waals surface area contributed by atoms with E-state index in [1.165, 1.54) is 17.5 Å². The predicted octanol–water partition coefficient (Wildman–Crippen LogP) is 1.36. The van der Waals surface area contributed by atoms with Gasteiger partial charge < -0.3 is 10.1 Å². The fraction of sp³-hybridized carbons (Fsp3) is 0.333. The van der Waals surface area contributed by atoms with Gasteiger partial charge in [-0.25, -0.2) is 9.78 Å². The van der Waals surface area contributed by atoms with E-state index < -0.39 is 0 Å². The minimum atomic E-state index is -0.348. The maximum atomic E-state index is 11.2. The smallest absolute Gasteiger partial charge is 0.350 e. The number of carbonyl (C=O) groups excluding carboxylic acids is 1. The molecule has 0 spiro atoms. The van der Waals surface area contributed by atoms with Crippen LogP contribution >= 0.6 is 11.3 Å². The molecule has 1 rings (SSSR count). The molecule has 5 heteroatoms. The highest BCUT2D eigenvalue weighted by atomic mass is 32.1. The van der Waals surface area contributed by atoms with Crippen molar-refractivity contribution in [2.75, 3.05) is 18.5 Å². The van der Waals surface area contributed by atoms with Gasteiger partial charge in [-0.2, -0.15) is 0 Å². The van der Waals surface area contributed by atoms with Crippen LogP contribution in [0.2, 0.25) is 0 Å². The van der Waals surface area contributed by atoms with Crippen LogP contribution in [0.15, 0.2) is 6.20 Å². The zero-order valence-electron chi connectivity index (χ0n) is 7.74. The van der Waals surface area contributed by atoms with Gasteiger partial charge in [-0.1, -0.05) is 17.3 Å². The van der Waals surface area contributed by atoms with Crippen molar-refractivity contribution >= 4 is 22.4 Å². The summed E-state index contributed by atoms with van der Waals surface area (Å²) in [6, 6.07) is 0. The first kappa shape index (κ1) is 10.5. The maximum absolute atomic E-state index is 11.2. The Morgan fingerprint density at radius 2 is 2.64 bits per heavy atom. The van der Waals surface area contributed by atoms with E-state index in [1.807, 2.05) is 0 Å². The number of nitrogens with one attached hydrogen (secondary N) is 1. The van der Waals surface area contributed by atoms with E-state index in [4.69, 9.17) is 11.2 Å². The van der Waals surface area contributed by atoms with Crippen LogP contribution in [0.1, 0.15) is 16.6 Å². The van der Waals surface area contributed by atoms with E-state index in [9.17, 15) is 4.79 Å². The summed E-state index contributed by atoms with van der Waals surface area (Å²) in [5.74, 6) is 2.07. The van der Waals surface area contributed by atoms with Crippen molar-refractivity contribution in [3.8, 4) is 12.3 Å². The van der Waals surface area contributed by atoms with Gasteiger partial charge in [0.05, 0.1) is 19.3 Å². The second-order valence-corrected chi connectivity index (χ2v) is 3.34. The lowest BCUT2D eigenvalue weighted by Crippen LogP contribution is -2.01. The first-order valence-corrected chi connectivity index (χ1v) is 4.90. The third kappa shape index (κ3) is 2.75. The van der Waals surface area contributed by atoms with Gasteiger partial charge in [0.25, 0.3) is 0 Å². The lowest BCUT2D eigenvalue weighted by Gasteiger charge is -1.96. The molecule has 14 heavy (non-hydrogen) atoms. The Balaban J connectivity index is 2.59. The fourth-order valence-corrected chi connectivity index (χ4v) is 1.48. The molecule has 1 N–H and O–H groups in total. The Morgan fingerprint density at radius 3 is 3.29 bits per heavy atom. The Morgan fingerprint density at radius 1 is 1.86 bits per heavy atom. The number of carbonyl (C=O) groups is 1. The molecule has 0 amide bonds. The summed E-state index contributed by atoms with van der Waals surface area (Å²) < 4.78 is 4.81. The van der Waals surface area contributed by atoms with Crippen LogP contribution < -0.4 is 5.32 Å². The molecule has 74 valence electrons. The second kappa shape index (κ2) is 5.25. The van der Waals surface area contributed by atoms with Crippen molar-refractivity contribution in [2.24, 2.45) is 0 Å². The Kier molecular flexibility index (Phi) is 3.95. The van der Waals surface area contributed by atoms with Crippen molar-refractivity contribution in [3.63, 3.8) is 0 Å². The number of esters is 1. The zero-order chi connectivity index (χ0) is 10.4. The number of hydrogen-bond acceptors (Lipinski definition) is 5. The predicted molar refractivity (Wildman–Crippen MR) is 55.4 cm³/mol. The van der Waals surface area contributed by atoms with Gasteiger partial charge in [-0.3, -0.25) is 0 Å². The highest BCUT2D eigenvalue weighted by Crippen LogP contribution is 2.18. The van der Waals surface area contributed by atoms with E-state index in [-0.39, 0.29) is 5.97 Å². The van der Waals surface area contributed by atoms with Crippen molar-refractivity contribution in [1.29, 1.82) is 0 Å². The molecule has 0 saturated carbocycles. The molecule has 0 saturated heterocycles. The van der Waals surface area contributed by atoms with Crippen LogP contribution in [0.4, 0.5) is 5.13 Å². The largest absolute Gasteiger partial charge is 0.462 e. The standard InChI is InChI=1S/C9H10N2O2S/c1-3-5-10-9-11-6-7(14-9)8(12)13-4-2/h1,6H,4-5H2,2H3,(H,10,11). The number of thiazole rings is 1. The van der Waals surface area contributed by atoms with E-state index >= 15 is 0 Å². The quantitative estimate of drug-likeness (QED) is 0.602. The fourth-order valence-electron chi connectivity index (χ4n) is 0.779. The Hall–Kier alpha value is -1.54. The number of rotatable bonds is 4. The molecule has 4 nitrogen and oxygen atoms in total. The molecular weight excluding hydrogens is 200 g/mol. The first-order chi connectivity index (χ1) is 6.77. The number of anilines is 1. The van der Waals surface area contributed by atoms with Crippen LogP contribution in [0.5, 0.6) is 0 Å². The monoisotopic (exact) mass is 210 g/mol. The topological polar surface area (TPSA) is 51.2 Å². The van der Waals surface area contributed by atoms with Gasteiger partial charge in [0, 0.05) is 0 Å². The van der Waals surface area contributed by atoms with Crippen molar-refractivity contribution in [1.82, 2.24) is 4.98 Å². The van der Waals surface area contributed by atoms with E-state index in [1.54, 1.807) is 6.92 Å². The summed E-state index contributed by atoms with van der Waals surface area (Å²) in [6.07, 6.45) is 6.54. The van der Waals surface area contributed by atoms with E-state index in [0.717, 1.165) is 0 Å². The van der Waals surface area contributed by atoms with Crippen LogP contribution in [0.25, 0.3) is 0 Å². The molecule has 1 aromatic heterocycles. The zero-order valence-corrected chi connectivity index (χ0v) is 8.56. The van der Waals surface area contributed by atoms with Crippen molar-refractivity contribution in [3.05, 3.63) is 11.1 Å². The maximum Gasteiger partial charge on any atom is 0.350 e. The molecule has 0 atom stereocenters. The molecule has 0 aliphatic heterocycles.